The minimum absolute atomic E-state index is 0.223. The molecule has 1 heterocycles. The maximum Gasteiger partial charge on any atom is 0.143 e. The molecule has 0 unspecified atom stereocenters. The SMILES string of the molecule is Nc1nc(Sc2ccc(F)cc2)c(Cl)cc1Cl. The monoisotopic (exact) mass is 288 g/mol. The first-order valence-corrected chi connectivity index (χ1v) is 6.18. The molecule has 0 aliphatic rings. The second-order valence-electron chi connectivity index (χ2n) is 3.20. The van der Waals surface area contributed by atoms with Gasteiger partial charge >= 0.3 is 0 Å². The molecule has 17 heavy (non-hydrogen) atoms. The average Bonchev–Trinajstić information content (AvgIpc) is 2.29. The largest absolute Gasteiger partial charge is 0.382 e. The summed E-state index contributed by atoms with van der Waals surface area (Å²) in [5, 5.41) is 1.28. The van der Waals surface area contributed by atoms with Crippen LogP contribution in [0.3, 0.4) is 0 Å². The van der Waals surface area contributed by atoms with E-state index < -0.39 is 0 Å². The standard InChI is InChI=1S/C11H7Cl2FN2S/c12-8-5-9(13)11(16-10(8)15)17-7-3-1-6(14)2-4-7/h1-5H,(H2,15,16). The summed E-state index contributed by atoms with van der Waals surface area (Å²) in [6.07, 6.45) is 0. The summed E-state index contributed by atoms with van der Waals surface area (Å²) in [6, 6.07) is 7.56. The molecule has 0 saturated heterocycles. The molecule has 2 N–H and O–H groups in total. The minimum atomic E-state index is -0.288. The highest BCUT2D eigenvalue weighted by atomic mass is 35.5. The normalized spacial score (nSPS) is 10.5. The molecule has 0 aliphatic carbocycles. The van der Waals surface area contributed by atoms with Gasteiger partial charge in [-0.05, 0) is 30.3 Å². The summed E-state index contributed by atoms with van der Waals surface area (Å²) in [4.78, 5) is 4.89. The number of nitrogens with two attached hydrogens (primary N) is 1. The van der Waals surface area contributed by atoms with E-state index >= 15 is 0 Å². The molecular weight excluding hydrogens is 282 g/mol. The van der Waals surface area contributed by atoms with Crippen molar-refractivity contribution in [3.05, 3.63) is 46.2 Å². The molecular formula is C11H7Cl2FN2S. The van der Waals surface area contributed by atoms with Crippen molar-refractivity contribution in [2.45, 2.75) is 9.92 Å². The fourth-order valence-corrected chi connectivity index (χ4v) is 2.42. The van der Waals surface area contributed by atoms with Gasteiger partial charge in [-0.15, -0.1) is 0 Å². The summed E-state index contributed by atoms with van der Waals surface area (Å²) in [7, 11) is 0. The van der Waals surface area contributed by atoms with Gasteiger partial charge in [0.15, 0.2) is 0 Å². The fourth-order valence-electron chi connectivity index (χ4n) is 1.15. The zero-order valence-electron chi connectivity index (χ0n) is 8.45. The minimum Gasteiger partial charge on any atom is -0.382 e. The Hall–Kier alpha value is -0.970. The van der Waals surface area contributed by atoms with E-state index in [0.29, 0.717) is 15.1 Å². The van der Waals surface area contributed by atoms with Crippen LogP contribution in [-0.2, 0) is 0 Å². The zero-order valence-corrected chi connectivity index (χ0v) is 10.8. The molecule has 0 bridgehead atoms. The van der Waals surface area contributed by atoms with Crippen LogP contribution in [0.1, 0.15) is 0 Å². The summed E-state index contributed by atoms with van der Waals surface area (Å²) >= 11 is 13.1. The average molecular weight is 289 g/mol. The van der Waals surface area contributed by atoms with E-state index in [0.717, 1.165) is 4.90 Å². The Morgan fingerprint density at radius 3 is 2.41 bits per heavy atom. The van der Waals surface area contributed by atoms with Crippen molar-refractivity contribution >= 4 is 40.8 Å². The second-order valence-corrected chi connectivity index (χ2v) is 5.08. The third kappa shape index (κ3) is 3.03. The highest BCUT2D eigenvalue weighted by Crippen LogP contribution is 2.34. The number of halogens is 3. The lowest BCUT2D eigenvalue weighted by Crippen LogP contribution is -1.93. The van der Waals surface area contributed by atoms with Gasteiger partial charge in [-0.2, -0.15) is 0 Å². The van der Waals surface area contributed by atoms with E-state index in [9.17, 15) is 4.39 Å². The molecule has 0 radical (unpaired) electrons. The van der Waals surface area contributed by atoms with Crippen molar-refractivity contribution < 1.29 is 4.39 Å². The molecule has 2 nitrogen and oxygen atoms in total. The lowest BCUT2D eigenvalue weighted by molar-refractivity contribution is 0.626. The highest BCUT2D eigenvalue weighted by Gasteiger charge is 2.08. The van der Waals surface area contributed by atoms with E-state index in [4.69, 9.17) is 28.9 Å². The number of nitrogens with zero attached hydrogens (tertiary/aromatic N) is 1. The van der Waals surface area contributed by atoms with Crippen LogP contribution in [0.5, 0.6) is 0 Å². The predicted molar refractivity (Wildman–Crippen MR) is 69.2 cm³/mol. The van der Waals surface area contributed by atoms with Crippen LogP contribution in [0.15, 0.2) is 40.3 Å². The van der Waals surface area contributed by atoms with Gasteiger partial charge in [0.1, 0.15) is 16.7 Å². The molecule has 0 atom stereocenters. The third-order valence-corrected chi connectivity index (χ3v) is 3.67. The van der Waals surface area contributed by atoms with Gasteiger partial charge in [-0.1, -0.05) is 35.0 Å². The first-order chi connectivity index (χ1) is 8.06. The van der Waals surface area contributed by atoms with Crippen molar-refractivity contribution in [3.63, 3.8) is 0 Å². The van der Waals surface area contributed by atoms with Gasteiger partial charge in [-0.3, -0.25) is 0 Å². The van der Waals surface area contributed by atoms with Crippen molar-refractivity contribution in [2.75, 3.05) is 5.73 Å². The summed E-state index contributed by atoms with van der Waals surface area (Å²) < 4.78 is 12.7. The van der Waals surface area contributed by atoms with Gasteiger partial charge in [0, 0.05) is 4.90 Å². The van der Waals surface area contributed by atoms with Crippen molar-refractivity contribution in [1.29, 1.82) is 0 Å². The fraction of sp³-hybridized carbons (Fsp3) is 0. The quantitative estimate of drug-likeness (QED) is 0.897. The second kappa shape index (κ2) is 5.12. The zero-order chi connectivity index (χ0) is 12.4. The molecule has 0 saturated carbocycles. The number of nitrogen functional groups attached to an aromatic ring is 1. The molecule has 6 heteroatoms. The van der Waals surface area contributed by atoms with Gasteiger partial charge in [0.25, 0.3) is 0 Å². The Morgan fingerprint density at radius 1 is 1.12 bits per heavy atom. The Balaban J connectivity index is 2.30. The van der Waals surface area contributed by atoms with Crippen LogP contribution < -0.4 is 5.73 Å². The molecule has 88 valence electrons. The van der Waals surface area contributed by atoms with E-state index in [2.05, 4.69) is 4.98 Å². The van der Waals surface area contributed by atoms with Crippen LogP contribution in [0.2, 0.25) is 10.0 Å². The van der Waals surface area contributed by atoms with Crippen LogP contribution in [0, 0.1) is 5.82 Å². The Kier molecular flexibility index (Phi) is 3.76. The van der Waals surface area contributed by atoms with E-state index in [1.54, 1.807) is 12.1 Å². The summed E-state index contributed by atoms with van der Waals surface area (Å²) in [6.45, 7) is 0. The van der Waals surface area contributed by atoms with E-state index in [1.165, 1.54) is 30.0 Å². The van der Waals surface area contributed by atoms with Crippen molar-refractivity contribution in [1.82, 2.24) is 4.98 Å². The van der Waals surface area contributed by atoms with Gasteiger partial charge in [0.2, 0.25) is 0 Å². The highest BCUT2D eigenvalue weighted by molar-refractivity contribution is 7.99. The van der Waals surface area contributed by atoms with Gasteiger partial charge in [0.05, 0.1) is 10.0 Å². The van der Waals surface area contributed by atoms with E-state index in [-0.39, 0.29) is 11.6 Å². The molecule has 2 rings (SSSR count). The molecule has 0 fully saturated rings. The maximum absolute atomic E-state index is 12.7. The molecule has 0 amide bonds. The first-order valence-electron chi connectivity index (χ1n) is 4.61. The Morgan fingerprint density at radius 2 is 1.76 bits per heavy atom. The lowest BCUT2D eigenvalue weighted by atomic mass is 10.4. The number of anilines is 1. The molecule has 0 aliphatic heterocycles. The summed E-state index contributed by atoms with van der Waals surface area (Å²) in [5.41, 5.74) is 5.59. The van der Waals surface area contributed by atoms with Crippen LogP contribution >= 0.6 is 35.0 Å². The molecule has 0 spiro atoms. The van der Waals surface area contributed by atoms with Gasteiger partial charge < -0.3 is 5.73 Å². The topological polar surface area (TPSA) is 38.9 Å². The number of hydrogen-bond donors (Lipinski definition) is 1. The maximum atomic E-state index is 12.7. The Labute approximate surface area is 112 Å². The van der Waals surface area contributed by atoms with Crippen molar-refractivity contribution in [3.8, 4) is 0 Å². The van der Waals surface area contributed by atoms with Gasteiger partial charge in [-0.25, -0.2) is 9.37 Å². The number of hydrogen-bond acceptors (Lipinski definition) is 3. The number of aromatic nitrogens is 1. The third-order valence-electron chi connectivity index (χ3n) is 1.95. The smallest absolute Gasteiger partial charge is 0.143 e. The number of pyridine rings is 1. The van der Waals surface area contributed by atoms with Crippen LogP contribution in [-0.4, -0.2) is 4.98 Å². The number of rotatable bonds is 2. The van der Waals surface area contributed by atoms with Crippen LogP contribution in [0.25, 0.3) is 0 Å². The Bertz CT molecular complexity index is 546. The molecule has 1 aromatic carbocycles. The van der Waals surface area contributed by atoms with E-state index in [1.807, 2.05) is 0 Å². The first kappa shape index (κ1) is 12.5. The predicted octanol–water partition coefficient (Wildman–Crippen LogP) is 4.26. The molecule has 2 aromatic rings. The number of benzene rings is 1. The lowest BCUT2D eigenvalue weighted by Gasteiger charge is -2.05. The molecule has 1 aromatic heterocycles. The summed E-state index contributed by atoms with van der Waals surface area (Å²) in [5.74, 6) is -0.0651. The van der Waals surface area contributed by atoms with Crippen molar-refractivity contribution in [2.24, 2.45) is 0 Å². The van der Waals surface area contributed by atoms with Crippen LogP contribution in [0.4, 0.5) is 10.2 Å².